The van der Waals surface area contributed by atoms with Gasteiger partial charge in [0.25, 0.3) is 0 Å². The van der Waals surface area contributed by atoms with Crippen molar-refractivity contribution in [1.82, 2.24) is 0 Å². The molecule has 28 heavy (non-hydrogen) atoms. The van der Waals surface area contributed by atoms with Crippen molar-refractivity contribution in [3.63, 3.8) is 0 Å². The topological polar surface area (TPSA) is 75.7 Å². The number of nitrogens with zero attached hydrogens (tertiary/aromatic N) is 1. The predicted octanol–water partition coefficient (Wildman–Crippen LogP) is 4.58. The highest BCUT2D eigenvalue weighted by Crippen LogP contribution is 2.28. The number of ether oxygens (including phenoxy) is 1. The molecule has 1 amide bonds. The zero-order valence-electron chi connectivity index (χ0n) is 15.8. The van der Waals surface area contributed by atoms with Crippen LogP contribution in [0.4, 0.5) is 11.4 Å². The van der Waals surface area contributed by atoms with Crippen LogP contribution in [0.15, 0.2) is 42.5 Å². The molecule has 0 aliphatic rings. The molecule has 0 aliphatic carbocycles. The first kappa shape index (κ1) is 22.3. The van der Waals surface area contributed by atoms with Crippen LogP contribution in [0.25, 0.3) is 0 Å². The fourth-order valence-corrected chi connectivity index (χ4v) is 4.23. The van der Waals surface area contributed by atoms with E-state index in [-0.39, 0.29) is 6.42 Å². The summed E-state index contributed by atoms with van der Waals surface area (Å²) in [6, 6.07) is 10.3. The first-order valence-electron chi connectivity index (χ1n) is 8.65. The Bertz CT molecular complexity index is 933. The Labute approximate surface area is 175 Å². The van der Waals surface area contributed by atoms with E-state index >= 15 is 0 Å². The van der Waals surface area contributed by atoms with E-state index in [0.29, 0.717) is 33.8 Å². The molecule has 0 spiro atoms. The Hall–Kier alpha value is -1.96. The smallest absolute Gasteiger partial charge is 0.248 e. The third kappa shape index (κ3) is 5.53. The van der Waals surface area contributed by atoms with Crippen molar-refractivity contribution in [3.05, 3.63) is 52.5 Å². The first-order chi connectivity index (χ1) is 13.2. The molecule has 6 nitrogen and oxygen atoms in total. The zero-order valence-corrected chi connectivity index (χ0v) is 18.1. The molecule has 0 unspecified atom stereocenters. The summed E-state index contributed by atoms with van der Waals surface area (Å²) in [5.74, 6) is 0.146. The molecule has 0 aromatic heterocycles. The predicted molar refractivity (Wildman–Crippen MR) is 114 cm³/mol. The fraction of sp³-hybridized carbons (Fsp3) is 0.316. The minimum atomic E-state index is -3.72. The molecule has 0 heterocycles. The van der Waals surface area contributed by atoms with E-state index in [1.54, 1.807) is 43.3 Å². The summed E-state index contributed by atoms with van der Waals surface area (Å²) >= 11 is 11.9. The summed E-state index contributed by atoms with van der Waals surface area (Å²) in [7, 11) is -3.72. The normalized spacial score (nSPS) is 12.3. The van der Waals surface area contributed by atoms with Gasteiger partial charge < -0.3 is 10.1 Å². The third-order valence-corrected chi connectivity index (χ3v) is 5.84. The Balaban J connectivity index is 2.34. The number of benzene rings is 2. The molecule has 0 fully saturated rings. The SMILES string of the molecule is CCOc1ccc(N([C@H](CC)C(=O)Nc2ccc(Cl)c(Cl)c2)S(C)(=O)=O)cc1. The monoisotopic (exact) mass is 444 g/mol. The van der Waals surface area contributed by atoms with E-state index in [0.717, 1.165) is 10.6 Å². The largest absolute Gasteiger partial charge is 0.494 e. The van der Waals surface area contributed by atoms with Crippen molar-refractivity contribution in [3.8, 4) is 5.75 Å². The number of anilines is 2. The maximum Gasteiger partial charge on any atom is 0.248 e. The lowest BCUT2D eigenvalue weighted by Crippen LogP contribution is -2.47. The van der Waals surface area contributed by atoms with Crippen LogP contribution in [0.3, 0.4) is 0 Å². The van der Waals surface area contributed by atoms with Crippen LogP contribution in [-0.2, 0) is 14.8 Å². The summed E-state index contributed by atoms with van der Waals surface area (Å²) in [6.45, 7) is 4.10. The molecular weight excluding hydrogens is 423 g/mol. The van der Waals surface area contributed by atoms with Crippen LogP contribution in [0.1, 0.15) is 20.3 Å². The van der Waals surface area contributed by atoms with E-state index in [1.807, 2.05) is 6.92 Å². The molecule has 0 radical (unpaired) electrons. The van der Waals surface area contributed by atoms with Gasteiger partial charge in [-0.1, -0.05) is 30.1 Å². The van der Waals surface area contributed by atoms with Crippen LogP contribution in [-0.4, -0.2) is 33.2 Å². The number of hydrogen-bond donors (Lipinski definition) is 1. The van der Waals surface area contributed by atoms with Crippen molar-refractivity contribution in [2.75, 3.05) is 22.5 Å². The van der Waals surface area contributed by atoms with E-state index in [4.69, 9.17) is 27.9 Å². The van der Waals surface area contributed by atoms with E-state index in [1.165, 1.54) is 6.07 Å². The zero-order chi connectivity index (χ0) is 20.9. The van der Waals surface area contributed by atoms with Gasteiger partial charge in [0.05, 0.1) is 28.6 Å². The Morgan fingerprint density at radius 1 is 1.11 bits per heavy atom. The molecule has 2 aromatic rings. The van der Waals surface area contributed by atoms with Gasteiger partial charge in [0.15, 0.2) is 0 Å². The number of sulfonamides is 1. The number of rotatable bonds is 8. The van der Waals surface area contributed by atoms with Crippen molar-refractivity contribution < 1.29 is 17.9 Å². The van der Waals surface area contributed by atoms with Crippen LogP contribution >= 0.6 is 23.2 Å². The lowest BCUT2D eigenvalue weighted by Gasteiger charge is -2.30. The third-order valence-electron chi connectivity index (χ3n) is 3.92. The average molecular weight is 445 g/mol. The lowest BCUT2D eigenvalue weighted by molar-refractivity contribution is -0.117. The summed E-state index contributed by atoms with van der Waals surface area (Å²) < 4.78 is 31.4. The van der Waals surface area contributed by atoms with Crippen molar-refractivity contribution in [1.29, 1.82) is 0 Å². The number of halogens is 2. The number of nitrogens with one attached hydrogen (secondary N) is 1. The Morgan fingerprint density at radius 2 is 1.75 bits per heavy atom. The highest BCUT2D eigenvalue weighted by molar-refractivity contribution is 7.92. The summed E-state index contributed by atoms with van der Waals surface area (Å²) in [4.78, 5) is 12.9. The number of carbonyl (C=O) groups is 1. The van der Waals surface area contributed by atoms with Gasteiger partial charge in [-0.2, -0.15) is 0 Å². The Morgan fingerprint density at radius 3 is 2.25 bits per heavy atom. The second-order valence-corrected chi connectivity index (χ2v) is 8.70. The quantitative estimate of drug-likeness (QED) is 0.646. The molecule has 2 aromatic carbocycles. The minimum Gasteiger partial charge on any atom is -0.494 e. The van der Waals surface area contributed by atoms with E-state index in [2.05, 4.69) is 5.32 Å². The summed E-state index contributed by atoms with van der Waals surface area (Å²) in [5.41, 5.74) is 0.806. The number of carbonyl (C=O) groups excluding carboxylic acids is 1. The molecule has 0 saturated carbocycles. The maximum absolute atomic E-state index is 12.9. The van der Waals surface area contributed by atoms with Gasteiger partial charge in [-0.3, -0.25) is 9.10 Å². The standard InChI is InChI=1S/C19H22Cl2N2O4S/c1-4-18(19(24)22-13-6-11-16(20)17(21)12-13)23(28(3,25)26)14-7-9-15(10-8-14)27-5-2/h6-12,18H,4-5H2,1-3H3,(H,22,24)/t18-/m1/s1. The van der Waals surface area contributed by atoms with Gasteiger partial charge in [-0.05, 0) is 55.8 Å². The second-order valence-electron chi connectivity index (χ2n) is 6.03. The van der Waals surface area contributed by atoms with Crippen LogP contribution in [0.2, 0.25) is 10.0 Å². The fourth-order valence-electron chi connectivity index (χ4n) is 2.72. The second kappa shape index (κ2) is 9.49. The highest BCUT2D eigenvalue weighted by Gasteiger charge is 2.31. The van der Waals surface area contributed by atoms with Gasteiger partial charge in [0.2, 0.25) is 15.9 Å². The van der Waals surface area contributed by atoms with Crippen LogP contribution in [0.5, 0.6) is 5.75 Å². The van der Waals surface area contributed by atoms with Crippen LogP contribution < -0.4 is 14.4 Å². The van der Waals surface area contributed by atoms with Crippen molar-refractivity contribution in [2.24, 2.45) is 0 Å². The van der Waals surface area contributed by atoms with Crippen molar-refractivity contribution in [2.45, 2.75) is 26.3 Å². The van der Waals surface area contributed by atoms with Gasteiger partial charge in [0, 0.05) is 5.69 Å². The highest BCUT2D eigenvalue weighted by atomic mass is 35.5. The molecule has 9 heteroatoms. The molecule has 1 atom stereocenters. The summed E-state index contributed by atoms with van der Waals surface area (Å²) in [5, 5.41) is 3.35. The van der Waals surface area contributed by atoms with Gasteiger partial charge in [-0.25, -0.2) is 8.42 Å². The van der Waals surface area contributed by atoms with Gasteiger partial charge in [-0.15, -0.1) is 0 Å². The molecule has 2 rings (SSSR count). The number of hydrogen-bond acceptors (Lipinski definition) is 4. The molecular formula is C19H22Cl2N2O4S. The molecule has 1 N–H and O–H groups in total. The van der Waals surface area contributed by atoms with Crippen molar-refractivity contribution >= 4 is 50.5 Å². The molecule has 0 saturated heterocycles. The average Bonchev–Trinajstić information content (AvgIpc) is 2.62. The summed E-state index contributed by atoms with van der Waals surface area (Å²) in [6.07, 6.45) is 1.34. The first-order valence-corrected chi connectivity index (χ1v) is 11.3. The van der Waals surface area contributed by atoms with Gasteiger partial charge >= 0.3 is 0 Å². The van der Waals surface area contributed by atoms with E-state index < -0.39 is 22.0 Å². The van der Waals surface area contributed by atoms with Gasteiger partial charge in [0.1, 0.15) is 11.8 Å². The Kier molecular flexibility index (Phi) is 7.57. The number of amides is 1. The molecule has 0 bridgehead atoms. The van der Waals surface area contributed by atoms with Crippen LogP contribution in [0, 0.1) is 0 Å². The molecule has 0 aliphatic heterocycles. The maximum atomic E-state index is 12.9. The molecule has 152 valence electrons. The lowest BCUT2D eigenvalue weighted by atomic mass is 10.1. The minimum absolute atomic E-state index is 0.271. The van der Waals surface area contributed by atoms with E-state index in [9.17, 15) is 13.2 Å².